The smallest absolute Gasteiger partial charge is 0.267 e. The number of benzene rings is 1. The molecule has 0 fully saturated rings. The second kappa shape index (κ2) is 6.02. The van der Waals surface area contributed by atoms with Gasteiger partial charge in [-0.25, -0.2) is 4.68 Å². The van der Waals surface area contributed by atoms with Crippen molar-refractivity contribution in [1.82, 2.24) is 9.78 Å². The van der Waals surface area contributed by atoms with Crippen LogP contribution in [0.5, 0.6) is 0 Å². The van der Waals surface area contributed by atoms with Crippen LogP contribution in [0.2, 0.25) is 0 Å². The van der Waals surface area contributed by atoms with E-state index >= 15 is 0 Å². The molecule has 2 N–H and O–H groups in total. The van der Waals surface area contributed by atoms with Crippen molar-refractivity contribution in [2.45, 2.75) is 31.8 Å². The zero-order valence-corrected chi connectivity index (χ0v) is 14.5. The Labute approximate surface area is 139 Å². The molecule has 0 radical (unpaired) electrons. The first-order valence-electron chi connectivity index (χ1n) is 6.83. The molecule has 1 aliphatic rings. The lowest BCUT2D eigenvalue weighted by Gasteiger charge is -2.21. The zero-order chi connectivity index (χ0) is 15.0. The summed E-state index contributed by atoms with van der Waals surface area (Å²) in [5, 5.41) is 4.53. The van der Waals surface area contributed by atoms with Gasteiger partial charge in [-0.05, 0) is 37.0 Å². The minimum atomic E-state index is -0.0782. The van der Waals surface area contributed by atoms with Crippen molar-refractivity contribution in [1.29, 1.82) is 0 Å². The van der Waals surface area contributed by atoms with E-state index in [1.807, 2.05) is 18.2 Å². The summed E-state index contributed by atoms with van der Waals surface area (Å²) in [7, 11) is 0. The molecule has 21 heavy (non-hydrogen) atoms. The molecule has 0 bridgehead atoms. The van der Waals surface area contributed by atoms with Gasteiger partial charge in [0.15, 0.2) is 0 Å². The molecule has 1 aromatic carbocycles. The fraction of sp³-hybridized carbons (Fsp3) is 0.333. The largest absolute Gasteiger partial charge is 0.327 e. The summed E-state index contributed by atoms with van der Waals surface area (Å²) in [4.78, 5) is 12.3. The molecule has 0 spiro atoms. The van der Waals surface area contributed by atoms with Crippen LogP contribution in [0.25, 0.3) is 0 Å². The van der Waals surface area contributed by atoms with E-state index in [0.717, 1.165) is 45.0 Å². The van der Waals surface area contributed by atoms with E-state index in [4.69, 9.17) is 5.73 Å². The monoisotopic (exact) mass is 411 g/mol. The highest BCUT2D eigenvalue weighted by Crippen LogP contribution is 2.25. The first-order chi connectivity index (χ1) is 10.0. The van der Waals surface area contributed by atoms with E-state index in [2.05, 4.69) is 37.0 Å². The molecule has 4 nitrogen and oxygen atoms in total. The van der Waals surface area contributed by atoms with Gasteiger partial charge in [-0.1, -0.05) is 37.9 Å². The van der Waals surface area contributed by atoms with E-state index in [0.29, 0.717) is 6.54 Å². The van der Waals surface area contributed by atoms with Crippen molar-refractivity contribution in [3.8, 4) is 0 Å². The summed E-state index contributed by atoms with van der Waals surface area (Å²) >= 11 is 7.04. The molecule has 0 saturated carbocycles. The number of nitrogens with two attached hydrogens (primary N) is 1. The van der Waals surface area contributed by atoms with Crippen LogP contribution in [0.1, 0.15) is 23.2 Å². The van der Waals surface area contributed by atoms with Gasteiger partial charge < -0.3 is 5.73 Å². The van der Waals surface area contributed by atoms with Crippen molar-refractivity contribution in [3.63, 3.8) is 0 Å². The molecule has 1 heterocycles. The fourth-order valence-electron chi connectivity index (χ4n) is 2.61. The molecule has 110 valence electrons. The molecule has 1 aromatic heterocycles. The molecule has 0 saturated heterocycles. The van der Waals surface area contributed by atoms with E-state index in [1.54, 1.807) is 6.07 Å². The molecule has 2 aromatic rings. The molecule has 3 rings (SSSR count). The van der Waals surface area contributed by atoms with Crippen LogP contribution in [0.15, 0.2) is 38.0 Å². The average molecular weight is 413 g/mol. The summed E-state index contributed by atoms with van der Waals surface area (Å²) < 4.78 is 3.45. The number of aromatic nitrogens is 2. The fourth-order valence-corrected chi connectivity index (χ4v) is 3.86. The second-order valence-electron chi connectivity index (χ2n) is 5.32. The number of halogens is 2. The molecular formula is C15H15Br2N3O. The molecule has 0 amide bonds. The summed E-state index contributed by atoms with van der Waals surface area (Å²) in [5.41, 5.74) is 8.89. The number of nitrogens with zero attached hydrogens (tertiary/aromatic N) is 2. The van der Waals surface area contributed by atoms with Crippen molar-refractivity contribution < 1.29 is 0 Å². The summed E-state index contributed by atoms with van der Waals surface area (Å²) in [6.45, 7) is 0.445. The maximum Gasteiger partial charge on any atom is 0.267 e. The number of rotatable bonds is 2. The highest BCUT2D eigenvalue weighted by Gasteiger charge is 2.19. The van der Waals surface area contributed by atoms with Crippen LogP contribution in [-0.2, 0) is 19.4 Å². The number of hydrogen-bond donors (Lipinski definition) is 1. The average Bonchev–Trinajstić information content (AvgIpc) is 2.43. The number of aryl methyl sites for hydroxylation is 1. The molecule has 1 aliphatic carbocycles. The van der Waals surface area contributed by atoms with Crippen molar-refractivity contribution in [2.24, 2.45) is 5.73 Å². The molecule has 0 aliphatic heterocycles. The Balaban J connectivity index is 1.99. The predicted octanol–water partition coefficient (Wildman–Crippen LogP) is 2.63. The van der Waals surface area contributed by atoms with Crippen molar-refractivity contribution in [2.75, 3.05) is 0 Å². The minimum absolute atomic E-state index is 0.0782. The lowest BCUT2D eigenvalue weighted by Crippen LogP contribution is -2.33. The highest BCUT2D eigenvalue weighted by atomic mass is 79.9. The predicted molar refractivity (Wildman–Crippen MR) is 89.4 cm³/mol. The van der Waals surface area contributed by atoms with Crippen LogP contribution >= 0.6 is 31.9 Å². The van der Waals surface area contributed by atoms with Gasteiger partial charge in [0, 0.05) is 26.6 Å². The Morgan fingerprint density at radius 3 is 2.76 bits per heavy atom. The summed E-state index contributed by atoms with van der Waals surface area (Å²) in [6, 6.07) is 7.70. The van der Waals surface area contributed by atoms with Crippen LogP contribution < -0.4 is 11.3 Å². The van der Waals surface area contributed by atoms with E-state index in [-0.39, 0.29) is 11.6 Å². The van der Waals surface area contributed by atoms with Gasteiger partial charge >= 0.3 is 0 Å². The van der Waals surface area contributed by atoms with Gasteiger partial charge in [-0.2, -0.15) is 5.10 Å². The molecule has 1 unspecified atom stereocenters. The van der Waals surface area contributed by atoms with Gasteiger partial charge in [0.25, 0.3) is 5.56 Å². The Hall–Kier alpha value is -0.980. The van der Waals surface area contributed by atoms with E-state index in [9.17, 15) is 4.79 Å². The molecule has 6 heteroatoms. The third-order valence-corrected chi connectivity index (χ3v) is 5.25. The lowest BCUT2D eigenvalue weighted by molar-refractivity contribution is 0.529. The Morgan fingerprint density at radius 1 is 1.33 bits per heavy atom. The second-order valence-corrected chi connectivity index (χ2v) is 7.02. The maximum absolute atomic E-state index is 12.3. The summed E-state index contributed by atoms with van der Waals surface area (Å²) in [5.74, 6) is 0. The first-order valence-corrected chi connectivity index (χ1v) is 8.41. The lowest BCUT2D eigenvalue weighted by atomic mass is 9.93. The van der Waals surface area contributed by atoms with E-state index < -0.39 is 0 Å². The molecular weight excluding hydrogens is 398 g/mol. The standard InChI is InChI=1S/C15H15Br2N3O/c16-12-2-1-3-13(17)11(12)8-20-15(21)7-9-6-10(18)4-5-14(9)19-20/h1-3,7,10H,4-6,8,18H2. The van der Waals surface area contributed by atoms with Gasteiger partial charge in [-0.3, -0.25) is 4.79 Å². The third-order valence-electron chi connectivity index (χ3n) is 3.77. The maximum atomic E-state index is 12.3. The zero-order valence-electron chi connectivity index (χ0n) is 11.4. The highest BCUT2D eigenvalue weighted by molar-refractivity contribution is 9.11. The van der Waals surface area contributed by atoms with Gasteiger partial charge in [0.05, 0.1) is 12.2 Å². The Morgan fingerprint density at radius 2 is 2.05 bits per heavy atom. The topological polar surface area (TPSA) is 60.9 Å². The third kappa shape index (κ3) is 3.12. The molecule has 1 atom stereocenters. The van der Waals surface area contributed by atoms with Crippen LogP contribution in [0.4, 0.5) is 0 Å². The van der Waals surface area contributed by atoms with Crippen LogP contribution in [0, 0.1) is 0 Å². The number of fused-ring (bicyclic) bond motifs is 1. The number of hydrogen-bond acceptors (Lipinski definition) is 3. The van der Waals surface area contributed by atoms with Gasteiger partial charge in [-0.15, -0.1) is 0 Å². The summed E-state index contributed by atoms with van der Waals surface area (Å²) in [6.07, 6.45) is 2.52. The Bertz CT molecular complexity index is 722. The Kier molecular flexibility index (Phi) is 4.28. The van der Waals surface area contributed by atoms with Gasteiger partial charge in [0.1, 0.15) is 0 Å². The van der Waals surface area contributed by atoms with E-state index in [1.165, 1.54) is 4.68 Å². The first kappa shape index (κ1) is 14.9. The SMILES string of the molecule is NC1CCc2nn(Cc3c(Br)cccc3Br)c(=O)cc2C1. The normalized spacial score (nSPS) is 17.6. The van der Waals surface area contributed by atoms with Crippen LogP contribution in [0.3, 0.4) is 0 Å². The quantitative estimate of drug-likeness (QED) is 0.824. The minimum Gasteiger partial charge on any atom is -0.327 e. The van der Waals surface area contributed by atoms with Crippen molar-refractivity contribution >= 4 is 31.9 Å². The van der Waals surface area contributed by atoms with Crippen molar-refractivity contribution in [3.05, 3.63) is 60.4 Å². The van der Waals surface area contributed by atoms with Gasteiger partial charge in [0.2, 0.25) is 0 Å². The van der Waals surface area contributed by atoms with Crippen LogP contribution in [-0.4, -0.2) is 15.8 Å².